The molecule has 0 fully saturated rings. The zero-order valence-electron chi connectivity index (χ0n) is 14.6. The van der Waals surface area contributed by atoms with E-state index >= 15 is 0 Å². The van der Waals surface area contributed by atoms with Crippen LogP contribution in [-0.4, -0.2) is 45.5 Å². The molecular formula is C14H33O4Sn. The number of hydrogen-bond acceptors (Lipinski definition) is 4. The molecule has 0 N–H and O–H groups in total. The molecule has 0 bridgehead atoms. The second-order valence-corrected chi connectivity index (χ2v) is 9.08. The Morgan fingerprint density at radius 3 is 0.684 bits per heavy atom. The maximum absolute atomic E-state index is 10.1. The van der Waals surface area contributed by atoms with Crippen LogP contribution in [0.25, 0.3) is 0 Å². The third-order valence-corrected chi connectivity index (χ3v) is 1.37. The van der Waals surface area contributed by atoms with E-state index in [0.717, 1.165) is 0 Å². The molecule has 0 aromatic carbocycles. The Morgan fingerprint density at radius 2 is 0.684 bits per heavy atom. The van der Waals surface area contributed by atoms with Gasteiger partial charge in [0, 0.05) is 0 Å². The quantitative estimate of drug-likeness (QED) is 0.625. The molecule has 0 unspecified atom stereocenters. The molecule has 0 atom stereocenters. The van der Waals surface area contributed by atoms with E-state index in [2.05, 4.69) is 4.94 Å². The number of rotatable bonds is 1. The fraction of sp³-hybridized carbons (Fsp3) is 1.00. The van der Waals surface area contributed by atoms with Crippen LogP contribution in [0, 0.1) is 0 Å². The van der Waals surface area contributed by atoms with Gasteiger partial charge in [-0.05, 0) is 0 Å². The molecule has 0 aliphatic carbocycles. The molecule has 0 aliphatic rings. The molecule has 0 saturated carbocycles. The average Bonchev–Trinajstić information content (AvgIpc) is 1.93. The fourth-order valence-corrected chi connectivity index (χ4v) is 0. The predicted molar refractivity (Wildman–Crippen MR) is 77.9 cm³/mol. The Bertz CT molecular complexity index is 115. The van der Waals surface area contributed by atoms with Crippen LogP contribution in [0.3, 0.4) is 0 Å². The Hall–Kier alpha value is 0.639. The van der Waals surface area contributed by atoms with Crippen molar-refractivity contribution in [2.24, 2.45) is 0 Å². The van der Waals surface area contributed by atoms with Crippen LogP contribution in [0.2, 0.25) is 4.94 Å². The van der Waals surface area contributed by atoms with E-state index in [1.807, 2.05) is 0 Å². The summed E-state index contributed by atoms with van der Waals surface area (Å²) in [6, 6.07) is 0. The minimum absolute atomic E-state index is 0.276. The van der Waals surface area contributed by atoms with E-state index in [1.54, 1.807) is 69.4 Å². The van der Waals surface area contributed by atoms with Crippen LogP contribution in [0.4, 0.5) is 0 Å². The summed E-state index contributed by atoms with van der Waals surface area (Å²) in [5.74, 6) is 0. The van der Waals surface area contributed by atoms with Crippen LogP contribution in [0.5, 0.6) is 0 Å². The van der Waals surface area contributed by atoms with Gasteiger partial charge in [0.25, 0.3) is 0 Å². The van der Waals surface area contributed by atoms with E-state index in [9.17, 15) is 15.3 Å². The van der Waals surface area contributed by atoms with Crippen LogP contribution in [0.1, 0.15) is 62.3 Å². The fourth-order valence-electron chi connectivity index (χ4n) is 0. The normalized spacial score (nSPS) is 11.1. The van der Waals surface area contributed by atoms with Crippen molar-refractivity contribution in [3.63, 3.8) is 0 Å². The SMILES string of the molecule is CC(C)(C)[O-].CC(C)(C)[O-].CC(C)(C)[O-].C[O][Sn+3][CH3]. The molecule has 5 radical (unpaired) electrons. The summed E-state index contributed by atoms with van der Waals surface area (Å²) in [5, 5.41) is 30.3. The van der Waals surface area contributed by atoms with Gasteiger partial charge in [0.2, 0.25) is 0 Å². The van der Waals surface area contributed by atoms with Crippen LogP contribution in [-0.2, 0) is 3.07 Å². The van der Waals surface area contributed by atoms with E-state index in [4.69, 9.17) is 3.07 Å². The summed E-state index contributed by atoms with van der Waals surface area (Å²) in [6.45, 7) is 14.7. The standard InChI is InChI=1S/3C4H9O.CH3O.CH3.Sn/c3*1-4(2,3)5;1-2;;/h3*1-3H3;1H3;1H3;/q4*-1;;+4. The summed E-state index contributed by atoms with van der Waals surface area (Å²) in [5.41, 5.74) is -2.25. The van der Waals surface area contributed by atoms with Gasteiger partial charge in [-0.15, -0.1) is 16.8 Å². The van der Waals surface area contributed by atoms with Crippen molar-refractivity contribution in [2.45, 2.75) is 84.1 Å². The summed E-state index contributed by atoms with van der Waals surface area (Å²) in [4.78, 5) is 2.13. The van der Waals surface area contributed by atoms with Crippen molar-refractivity contribution in [3.05, 3.63) is 0 Å². The predicted octanol–water partition coefficient (Wildman–Crippen LogP) is 0.736. The van der Waals surface area contributed by atoms with Crippen molar-refractivity contribution < 1.29 is 18.4 Å². The molecule has 0 aromatic heterocycles. The first-order chi connectivity index (χ1) is 7.91. The van der Waals surface area contributed by atoms with Gasteiger partial charge in [-0.3, -0.25) is 0 Å². The first-order valence-electron chi connectivity index (χ1n) is 6.22. The summed E-state index contributed by atoms with van der Waals surface area (Å²) < 4.78 is 4.71. The van der Waals surface area contributed by atoms with Gasteiger partial charge >= 0.3 is 36.7 Å². The summed E-state index contributed by atoms with van der Waals surface area (Å²) in [7, 11) is 1.76. The van der Waals surface area contributed by atoms with E-state index < -0.39 is 16.8 Å². The Kier molecular flexibility index (Phi) is 20.0. The Balaban J connectivity index is -0.0000000793. The molecule has 117 valence electrons. The van der Waals surface area contributed by atoms with Crippen LogP contribution in [0.15, 0.2) is 0 Å². The second-order valence-electron chi connectivity index (χ2n) is 6.75. The van der Waals surface area contributed by atoms with Crippen molar-refractivity contribution >= 4 is 21.6 Å². The Labute approximate surface area is 131 Å². The van der Waals surface area contributed by atoms with Crippen molar-refractivity contribution in [3.8, 4) is 0 Å². The molecule has 0 aromatic rings. The van der Waals surface area contributed by atoms with Gasteiger partial charge in [0.05, 0.1) is 0 Å². The van der Waals surface area contributed by atoms with Crippen LogP contribution < -0.4 is 15.3 Å². The van der Waals surface area contributed by atoms with Crippen molar-refractivity contribution in [2.75, 3.05) is 7.11 Å². The average molecular weight is 384 g/mol. The van der Waals surface area contributed by atoms with E-state index in [0.29, 0.717) is 0 Å². The molecule has 0 rings (SSSR count). The molecule has 0 heterocycles. The van der Waals surface area contributed by atoms with Gasteiger partial charge in [0.15, 0.2) is 0 Å². The summed E-state index contributed by atoms with van der Waals surface area (Å²) >= 11 is -0.276. The van der Waals surface area contributed by atoms with Crippen LogP contribution >= 0.6 is 0 Å². The topological polar surface area (TPSA) is 78.4 Å². The van der Waals surface area contributed by atoms with E-state index in [1.165, 1.54) is 0 Å². The second kappa shape index (κ2) is 13.6. The molecule has 0 saturated heterocycles. The first-order valence-corrected chi connectivity index (χ1v) is 10.2. The van der Waals surface area contributed by atoms with Gasteiger partial charge in [-0.1, -0.05) is 62.3 Å². The van der Waals surface area contributed by atoms with Gasteiger partial charge < -0.3 is 15.3 Å². The third kappa shape index (κ3) is 1920. The minimum atomic E-state index is -0.750. The van der Waals surface area contributed by atoms with E-state index in [-0.39, 0.29) is 21.6 Å². The van der Waals surface area contributed by atoms with Crippen molar-refractivity contribution in [1.82, 2.24) is 0 Å². The molecule has 0 amide bonds. The number of hydrogen-bond donors (Lipinski definition) is 0. The van der Waals surface area contributed by atoms with Gasteiger partial charge in [0.1, 0.15) is 0 Å². The molecule has 0 spiro atoms. The monoisotopic (exact) mass is 385 g/mol. The maximum atomic E-state index is 10.1. The van der Waals surface area contributed by atoms with Gasteiger partial charge in [-0.25, -0.2) is 0 Å². The zero-order valence-corrected chi connectivity index (χ0v) is 17.5. The zero-order chi connectivity index (χ0) is 16.9. The molecule has 4 nitrogen and oxygen atoms in total. The third-order valence-electron chi connectivity index (χ3n) is 0.204. The molecule has 0 aliphatic heterocycles. The van der Waals surface area contributed by atoms with Crippen molar-refractivity contribution in [1.29, 1.82) is 0 Å². The van der Waals surface area contributed by atoms with Gasteiger partial charge in [-0.2, -0.15) is 0 Å². The molecule has 19 heavy (non-hydrogen) atoms. The molecular weight excluding hydrogens is 351 g/mol. The summed E-state index contributed by atoms with van der Waals surface area (Å²) in [6.07, 6.45) is 0. The first kappa shape index (κ1) is 27.9. The molecule has 5 heteroatoms. The Morgan fingerprint density at radius 1 is 0.632 bits per heavy atom.